The van der Waals surface area contributed by atoms with Gasteiger partial charge >= 0.3 is 0 Å². The molecule has 5 nitrogen and oxygen atoms in total. The summed E-state index contributed by atoms with van der Waals surface area (Å²) in [4.78, 5) is 19.7. The number of hydrogen-bond donors (Lipinski definition) is 0. The van der Waals surface area contributed by atoms with E-state index in [4.69, 9.17) is 14.5 Å². The first kappa shape index (κ1) is 17.4. The normalized spacial score (nSPS) is 17.2. The van der Waals surface area contributed by atoms with Crippen molar-refractivity contribution in [1.82, 2.24) is 4.98 Å². The van der Waals surface area contributed by atoms with Crippen LogP contribution in [0.1, 0.15) is 18.1 Å². The Labute approximate surface area is 167 Å². The summed E-state index contributed by atoms with van der Waals surface area (Å²) >= 11 is 1.49. The van der Waals surface area contributed by atoms with Gasteiger partial charge in [0.1, 0.15) is 5.03 Å². The van der Waals surface area contributed by atoms with E-state index in [-0.39, 0.29) is 18.7 Å². The summed E-state index contributed by atoms with van der Waals surface area (Å²) in [5, 5.41) is 1.89. The molecule has 0 unspecified atom stereocenters. The first-order chi connectivity index (χ1) is 13.6. The van der Waals surface area contributed by atoms with Crippen LogP contribution in [0.3, 0.4) is 0 Å². The van der Waals surface area contributed by atoms with Gasteiger partial charge in [0.15, 0.2) is 11.5 Å². The smallest absolute Gasteiger partial charge is 0.237 e. The Morgan fingerprint density at radius 1 is 1.21 bits per heavy atom. The minimum absolute atomic E-state index is 0.120. The van der Waals surface area contributed by atoms with Gasteiger partial charge in [0.2, 0.25) is 12.7 Å². The third-order valence-corrected chi connectivity index (χ3v) is 6.34. The third-order valence-electron chi connectivity index (χ3n) is 5.26. The number of benzene rings is 2. The van der Waals surface area contributed by atoms with E-state index in [0.717, 1.165) is 45.1 Å². The average molecular weight is 392 g/mol. The first-order valence-corrected chi connectivity index (χ1v) is 10.3. The molecule has 0 radical (unpaired) electrons. The molecule has 1 amide bonds. The van der Waals surface area contributed by atoms with Crippen LogP contribution >= 0.6 is 11.8 Å². The van der Waals surface area contributed by atoms with E-state index in [1.54, 1.807) is 0 Å². The summed E-state index contributed by atoms with van der Waals surface area (Å²) < 4.78 is 10.9. The highest BCUT2D eigenvalue weighted by Crippen LogP contribution is 2.37. The summed E-state index contributed by atoms with van der Waals surface area (Å²) in [6.45, 7) is 4.37. The first-order valence-electron chi connectivity index (χ1n) is 9.34. The van der Waals surface area contributed by atoms with Gasteiger partial charge in [0, 0.05) is 23.2 Å². The number of rotatable bonds is 3. The summed E-state index contributed by atoms with van der Waals surface area (Å²) in [6, 6.07) is 14.3. The molecule has 1 aromatic heterocycles. The van der Waals surface area contributed by atoms with Gasteiger partial charge in [0.25, 0.3) is 0 Å². The van der Waals surface area contributed by atoms with Gasteiger partial charge in [-0.15, -0.1) is 0 Å². The van der Waals surface area contributed by atoms with Crippen LogP contribution in [0.5, 0.6) is 11.5 Å². The van der Waals surface area contributed by atoms with Gasteiger partial charge in [0.05, 0.1) is 11.3 Å². The van der Waals surface area contributed by atoms with Crippen molar-refractivity contribution in [2.45, 2.75) is 31.3 Å². The largest absolute Gasteiger partial charge is 0.454 e. The molecule has 2 aromatic carbocycles. The number of aryl methyl sites for hydroxylation is 1. The molecule has 0 fully saturated rings. The zero-order valence-electron chi connectivity index (χ0n) is 15.8. The lowest BCUT2D eigenvalue weighted by Crippen LogP contribution is -2.37. The maximum atomic E-state index is 13.0. The van der Waals surface area contributed by atoms with Crippen molar-refractivity contribution in [2.24, 2.45) is 0 Å². The SMILES string of the molecule is Cc1cc2cc3c(cc2nc1SCC(=O)N1c2ccccc2C[C@H]1C)OCO3. The molecule has 2 aliphatic rings. The Bertz CT molecular complexity index is 1100. The van der Waals surface area contributed by atoms with Crippen molar-refractivity contribution in [3.05, 3.63) is 53.6 Å². The molecule has 2 aliphatic heterocycles. The van der Waals surface area contributed by atoms with Gasteiger partial charge in [-0.25, -0.2) is 4.98 Å². The topological polar surface area (TPSA) is 51.7 Å². The highest BCUT2D eigenvalue weighted by atomic mass is 32.2. The molecular weight excluding hydrogens is 372 g/mol. The fourth-order valence-electron chi connectivity index (χ4n) is 3.94. The van der Waals surface area contributed by atoms with Crippen LogP contribution in [0.25, 0.3) is 10.9 Å². The van der Waals surface area contributed by atoms with E-state index in [1.165, 1.54) is 17.3 Å². The molecule has 0 spiro atoms. The average Bonchev–Trinajstić information content (AvgIpc) is 3.26. The van der Waals surface area contributed by atoms with Crippen molar-refractivity contribution in [1.29, 1.82) is 0 Å². The van der Waals surface area contributed by atoms with E-state index in [9.17, 15) is 4.79 Å². The Morgan fingerprint density at radius 2 is 2.00 bits per heavy atom. The van der Waals surface area contributed by atoms with Crippen LogP contribution in [-0.4, -0.2) is 29.5 Å². The maximum Gasteiger partial charge on any atom is 0.237 e. The molecule has 0 N–H and O–H groups in total. The van der Waals surface area contributed by atoms with Gasteiger partial charge in [-0.3, -0.25) is 4.79 Å². The molecule has 3 aromatic rings. The number of fused-ring (bicyclic) bond motifs is 3. The standard InChI is InChI=1S/C22H20N2O3S/c1-13-7-16-9-19-20(27-12-26-19)10-17(16)23-22(13)28-11-21(25)24-14(2)8-15-5-3-4-6-18(15)24/h3-7,9-10,14H,8,11-12H2,1-2H3/t14-/m1/s1. The predicted octanol–water partition coefficient (Wildman–Crippen LogP) is 4.34. The number of aromatic nitrogens is 1. The monoisotopic (exact) mass is 392 g/mol. The van der Waals surface area contributed by atoms with E-state index in [1.807, 2.05) is 42.2 Å². The lowest BCUT2D eigenvalue weighted by Gasteiger charge is -2.22. The molecule has 1 atom stereocenters. The number of carbonyl (C=O) groups excluding carboxylic acids is 1. The minimum Gasteiger partial charge on any atom is -0.454 e. The summed E-state index contributed by atoms with van der Waals surface area (Å²) in [6.07, 6.45) is 0.910. The van der Waals surface area contributed by atoms with Gasteiger partial charge < -0.3 is 14.4 Å². The second kappa shape index (κ2) is 6.71. The van der Waals surface area contributed by atoms with Crippen LogP contribution in [-0.2, 0) is 11.2 Å². The summed E-state index contributed by atoms with van der Waals surface area (Å²) in [5.74, 6) is 1.96. The van der Waals surface area contributed by atoms with Crippen LogP contribution in [0.4, 0.5) is 5.69 Å². The summed E-state index contributed by atoms with van der Waals surface area (Å²) in [5.41, 5.74) is 4.18. The van der Waals surface area contributed by atoms with Crippen molar-refractivity contribution in [2.75, 3.05) is 17.4 Å². The molecule has 6 heteroatoms. The fraction of sp³-hybridized carbons (Fsp3) is 0.273. The van der Waals surface area contributed by atoms with E-state index in [2.05, 4.69) is 19.1 Å². The molecule has 0 aliphatic carbocycles. The quantitative estimate of drug-likeness (QED) is 0.621. The minimum atomic E-state index is 0.120. The fourth-order valence-corrected chi connectivity index (χ4v) is 4.79. The Balaban J connectivity index is 1.38. The van der Waals surface area contributed by atoms with Crippen molar-refractivity contribution < 1.29 is 14.3 Å². The highest BCUT2D eigenvalue weighted by Gasteiger charge is 2.30. The molecule has 5 rings (SSSR count). The second-order valence-electron chi connectivity index (χ2n) is 7.24. The maximum absolute atomic E-state index is 13.0. The number of ether oxygens (including phenoxy) is 2. The zero-order chi connectivity index (χ0) is 19.3. The van der Waals surface area contributed by atoms with Gasteiger partial charge in [-0.2, -0.15) is 0 Å². The number of hydrogen-bond acceptors (Lipinski definition) is 5. The van der Waals surface area contributed by atoms with Crippen LogP contribution in [0, 0.1) is 6.92 Å². The number of pyridine rings is 1. The van der Waals surface area contributed by atoms with Crippen molar-refractivity contribution >= 4 is 34.3 Å². The van der Waals surface area contributed by atoms with E-state index >= 15 is 0 Å². The van der Waals surface area contributed by atoms with Gasteiger partial charge in [-0.05, 0) is 49.6 Å². The lowest BCUT2D eigenvalue weighted by atomic mass is 10.1. The van der Waals surface area contributed by atoms with Gasteiger partial charge in [-0.1, -0.05) is 30.0 Å². The van der Waals surface area contributed by atoms with Crippen molar-refractivity contribution in [3.8, 4) is 11.5 Å². The molecular formula is C22H20N2O3S. The molecule has 0 bridgehead atoms. The highest BCUT2D eigenvalue weighted by molar-refractivity contribution is 8.00. The molecule has 3 heterocycles. The number of anilines is 1. The zero-order valence-corrected chi connectivity index (χ0v) is 16.6. The molecule has 28 heavy (non-hydrogen) atoms. The molecule has 0 saturated carbocycles. The number of para-hydroxylation sites is 1. The Morgan fingerprint density at radius 3 is 2.86 bits per heavy atom. The Hall–Kier alpha value is -2.73. The lowest BCUT2D eigenvalue weighted by molar-refractivity contribution is -0.116. The number of amides is 1. The molecule has 0 saturated heterocycles. The van der Waals surface area contributed by atoms with E-state index in [0.29, 0.717) is 5.75 Å². The van der Waals surface area contributed by atoms with Crippen LogP contribution in [0.15, 0.2) is 47.5 Å². The summed E-state index contributed by atoms with van der Waals surface area (Å²) in [7, 11) is 0. The second-order valence-corrected chi connectivity index (χ2v) is 8.21. The predicted molar refractivity (Wildman–Crippen MR) is 110 cm³/mol. The Kier molecular flexibility index (Phi) is 4.16. The van der Waals surface area contributed by atoms with E-state index < -0.39 is 0 Å². The van der Waals surface area contributed by atoms with Crippen LogP contribution < -0.4 is 14.4 Å². The van der Waals surface area contributed by atoms with Crippen LogP contribution in [0.2, 0.25) is 0 Å². The molecule has 142 valence electrons. The third kappa shape index (κ3) is 2.88. The number of carbonyl (C=O) groups is 1. The van der Waals surface area contributed by atoms with Crippen molar-refractivity contribution in [3.63, 3.8) is 0 Å². The number of nitrogens with zero attached hydrogens (tertiary/aromatic N) is 2. The number of thioether (sulfide) groups is 1.